The average molecular weight is 335 g/mol. The van der Waals surface area contributed by atoms with Gasteiger partial charge in [-0.05, 0) is 41.1 Å². The molecule has 2 rings (SSSR count). The first kappa shape index (κ1) is 13.9. The van der Waals surface area contributed by atoms with E-state index in [-0.39, 0.29) is 5.56 Å². The number of rotatable bonds is 1. The van der Waals surface area contributed by atoms with Crippen LogP contribution in [-0.2, 0) is 6.18 Å². The highest BCUT2D eigenvalue weighted by Gasteiger charge is 2.34. The van der Waals surface area contributed by atoms with E-state index in [9.17, 15) is 17.6 Å². The lowest BCUT2D eigenvalue weighted by atomic mass is 10.1. The van der Waals surface area contributed by atoms with E-state index in [1.807, 2.05) is 0 Å². The van der Waals surface area contributed by atoms with Crippen molar-refractivity contribution in [3.05, 3.63) is 46.1 Å². The van der Waals surface area contributed by atoms with Crippen LogP contribution in [0.1, 0.15) is 11.4 Å². The monoisotopic (exact) mass is 334 g/mol. The topological polar surface area (TPSA) is 25.8 Å². The number of alkyl halides is 3. The van der Waals surface area contributed by atoms with Crippen LogP contribution in [-0.4, -0.2) is 9.97 Å². The number of aryl methyl sites for hydroxylation is 1. The van der Waals surface area contributed by atoms with E-state index < -0.39 is 17.6 Å². The Kier molecular flexibility index (Phi) is 3.58. The second-order valence-electron chi connectivity index (χ2n) is 3.82. The number of hydrogen-bond donors (Lipinski definition) is 0. The third kappa shape index (κ3) is 3.09. The van der Waals surface area contributed by atoms with Gasteiger partial charge in [-0.1, -0.05) is 6.07 Å². The predicted molar refractivity (Wildman–Crippen MR) is 64.9 cm³/mol. The fourth-order valence-electron chi connectivity index (χ4n) is 1.58. The molecule has 1 aromatic carbocycles. The Bertz CT molecular complexity index is 605. The molecule has 0 unspecified atom stereocenters. The zero-order valence-corrected chi connectivity index (χ0v) is 11.2. The van der Waals surface area contributed by atoms with E-state index in [1.54, 1.807) is 6.92 Å². The first-order chi connectivity index (χ1) is 8.77. The summed E-state index contributed by atoms with van der Waals surface area (Å²) in [5, 5.41) is 0. The number of nitrogens with zero attached hydrogens (tertiary/aromatic N) is 2. The Hall–Kier alpha value is -1.50. The minimum Gasteiger partial charge on any atom is -0.233 e. The van der Waals surface area contributed by atoms with Gasteiger partial charge < -0.3 is 0 Å². The van der Waals surface area contributed by atoms with Gasteiger partial charge in [-0.25, -0.2) is 14.4 Å². The quantitative estimate of drug-likeness (QED) is 0.571. The van der Waals surface area contributed by atoms with Gasteiger partial charge in [-0.15, -0.1) is 0 Å². The zero-order chi connectivity index (χ0) is 14.2. The molecule has 2 nitrogen and oxygen atoms in total. The van der Waals surface area contributed by atoms with Crippen molar-refractivity contribution in [3.63, 3.8) is 0 Å². The summed E-state index contributed by atoms with van der Waals surface area (Å²) < 4.78 is 51.3. The summed E-state index contributed by atoms with van der Waals surface area (Å²) in [6, 6.07) is 4.21. The van der Waals surface area contributed by atoms with Gasteiger partial charge in [0.25, 0.3) is 0 Å². The lowest BCUT2D eigenvalue weighted by molar-refractivity contribution is -0.139. The molecule has 0 bridgehead atoms. The van der Waals surface area contributed by atoms with Crippen molar-refractivity contribution in [1.82, 2.24) is 9.97 Å². The van der Waals surface area contributed by atoms with Gasteiger partial charge in [0.15, 0.2) is 0 Å². The average Bonchev–Trinajstić information content (AvgIpc) is 2.25. The van der Waals surface area contributed by atoms with E-state index in [0.29, 0.717) is 22.2 Å². The SMILES string of the molecule is Cc1nc(Br)cc(-c2ccc(C(F)(F)F)c(F)c2)n1. The van der Waals surface area contributed by atoms with E-state index in [0.717, 1.165) is 6.07 Å². The second kappa shape index (κ2) is 4.88. The first-order valence-electron chi connectivity index (χ1n) is 5.15. The number of hydrogen-bond acceptors (Lipinski definition) is 2. The molecule has 1 aromatic heterocycles. The lowest BCUT2D eigenvalue weighted by Gasteiger charge is -2.09. The molecule has 7 heteroatoms. The van der Waals surface area contributed by atoms with Crippen LogP contribution in [0, 0.1) is 12.7 Å². The fourth-order valence-corrected chi connectivity index (χ4v) is 2.06. The standard InChI is InChI=1S/C12H7BrF4N2/c1-6-18-10(5-11(13)19-6)7-2-3-8(9(14)4-7)12(15,16)17/h2-5H,1H3. The van der Waals surface area contributed by atoms with Gasteiger partial charge in [0, 0.05) is 5.56 Å². The van der Waals surface area contributed by atoms with E-state index >= 15 is 0 Å². The van der Waals surface area contributed by atoms with Crippen LogP contribution < -0.4 is 0 Å². The smallest absolute Gasteiger partial charge is 0.233 e. The summed E-state index contributed by atoms with van der Waals surface area (Å²) in [7, 11) is 0. The van der Waals surface area contributed by atoms with Gasteiger partial charge in [-0.3, -0.25) is 0 Å². The zero-order valence-electron chi connectivity index (χ0n) is 9.59. The summed E-state index contributed by atoms with van der Waals surface area (Å²) in [6.07, 6.45) is -4.70. The molecule has 100 valence electrons. The third-order valence-corrected chi connectivity index (χ3v) is 2.78. The maximum absolute atomic E-state index is 13.5. The van der Waals surface area contributed by atoms with Crippen molar-refractivity contribution in [3.8, 4) is 11.3 Å². The molecular formula is C12H7BrF4N2. The Morgan fingerprint density at radius 1 is 1.11 bits per heavy atom. The molecule has 1 heterocycles. The van der Waals surface area contributed by atoms with Crippen molar-refractivity contribution in [2.75, 3.05) is 0 Å². The van der Waals surface area contributed by atoms with Gasteiger partial charge in [0.05, 0.1) is 11.3 Å². The summed E-state index contributed by atoms with van der Waals surface area (Å²) >= 11 is 3.15. The van der Waals surface area contributed by atoms with Gasteiger partial charge in [-0.2, -0.15) is 13.2 Å². The van der Waals surface area contributed by atoms with Crippen LogP contribution in [0.5, 0.6) is 0 Å². The summed E-state index contributed by atoms with van der Waals surface area (Å²) in [5.41, 5.74) is -0.676. The normalized spacial score (nSPS) is 11.7. The van der Waals surface area contributed by atoms with Crippen LogP contribution in [0.2, 0.25) is 0 Å². The lowest BCUT2D eigenvalue weighted by Crippen LogP contribution is -2.08. The molecule has 0 N–H and O–H groups in total. The molecule has 0 saturated carbocycles. The van der Waals surface area contributed by atoms with Crippen LogP contribution in [0.15, 0.2) is 28.9 Å². The largest absolute Gasteiger partial charge is 0.419 e. The molecule has 19 heavy (non-hydrogen) atoms. The maximum atomic E-state index is 13.5. The summed E-state index contributed by atoms with van der Waals surface area (Å²) in [4.78, 5) is 8.02. The number of halogens is 5. The first-order valence-corrected chi connectivity index (χ1v) is 5.95. The third-order valence-electron chi connectivity index (χ3n) is 2.38. The molecule has 0 spiro atoms. The van der Waals surface area contributed by atoms with Crippen molar-refractivity contribution in [1.29, 1.82) is 0 Å². The number of aromatic nitrogens is 2. The van der Waals surface area contributed by atoms with Gasteiger partial charge in [0.2, 0.25) is 0 Å². The molecule has 0 atom stereocenters. The second-order valence-corrected chi connectivity index (χ2v) is 4.63. The minimum absolute atomic E-state index is 0.261. The Labute approximate surface area is 114 Å². The predicted octanol–water partition coefficient (Wildman–Crippen LogP) is 4.37. The fraction of sp³-hybridized carbons (Fsp3) is 0.167. The molecular weight excluding hydrogens is 328 g/mol. The van der Waals surface area contributed by atoms with Crippen molar-refractivity contribution in [2.45, 2.75) is 13.1 Å². The van der Waals surface area contributed by atoms with E-state index in [4.69, 9.17) is 0 Å². The molecule has 0 fully saturated rings. The Morgan fingerprint density at radius 2 is 1.79 bits per heavy atom. The molecule has 0 radical (unpaired) electrons. The van der Waals surface area contributed by atoms with Crippen molar-refractivity contribution < 1.29 is 17.6 Å². The minimum atomic E-state index is -4.70. The van der Waals surface area contributed by atoms with Crippen LogP contribution in [0.25, 0.3) is 11.3 Å². The van der Waals surface area contributed by atoms with Crippen molar-refractivity contribution in [2.24, 2.45) is 0 Å². The highest BCUT2D eigenvalue weighted by Crippen LogP contribution is 2.33. The molecule has 0 aliphatic heterocycles. The van der Waals surface area contributed by atoms with Crippen LogP contribution in [0.4, 0.5) is 17.6 Å². The van der Waals surface area contributed by atoms with Gasteiger partial charge >= 0.3 is 6.18 Å². The van der Waals surface area contributed by atoms with Crippen LogP contribution >= 0.6 is 15.9 Å². The highest BCUT2D eigenvalue weighted by atomic mass is 79.9. The number of benzene rings is 1. The van der Waals surface area contributed by atoms with Gasteiger partial charge in [0.1, 0.15) is 16.2 Å². The van der Waals surface area contributed by atoms with Crippen LogP contribution in [0.3, 0.4) is 0 Å². The highest BCUT2D eigenvalue weighted by molar-refractivity contribution is 9.10. The molecule has 0 aliphatic carbocycles. The maximum Gasteiger partial charge on any atom is 0.419 e. The molecule has 2 aromatic rings. The molecule has 0 amide bonds. The summed E-state index contributed by atoms with van der Waals surface area (Å²) in [5.74, 6) is -0.887. The summed E-state index contributed by atoms with van der Waals surface area (Å²) in [6.45, 7) is 1.63. The van der Waals surface area contributed by atoms with Crippen molar-refractivity contribution >= 4 is 15.9 Å². The van der Waals surface area contributed by atoms with E-state index in [1.165, 1.54) is 12.1 Å². The molecule has 0 aliphatic rings. The van der Waals surface area contributed by atoms with E-state index in [2.05, 4.69) is 25.9 Å². The Balaban J connectivity index is 2.50. The Morgan fingerprint density at radius 3 is 2.32 bits per heavy atom. The molecule has 0 saturated heterocycles.